The fourth-order valence-electron chi connectivity index (χ4n) is 1.38. The SMILES string of the molecule is CCCCN(C)S(=O)(=O)Nc1[nH]ncc1CC. The Morgan fingerprint density at radius 2 is 2.18 bits per heavy atom. The Morgan fingerprint density at radius 3 is 2.76 bits per heavy atom. The van der Waals surface area contributed by atoms with Crippen LogP contribution in [0.5, 0.6) is 0 Å². The summed E-state index contributed by atoms with van der Waals surface area (Å²) in [5, 5.41) is 6.48. The van der Waals surface area contributed by atoms with E-state index >= 15 is 0 Å². The zero-order valence-electron chi connectivity index (χ0n) is 10.5. The van der Waals surface area contributed by atoms with Gasteiger partial charge in [0.2, 0.25) is 0 Å². The number of aryl methyl sites for hydroxylation is 1. The molecule has 1 rings (SSSR count). The minimum atomic E-state index is -3.48. The number of nitrogens with zero attached hydrogens (tertiary/aromatic N) is 2. The molecule has 98 valence electrons. The average molecular weight is 260 g/mol. The molecule has 0 spiro atoms. The quantitative estimate of drug-likeness (QED) is 0.777. The molecule has 0 saturated carbocycles. The van der Waals surface area contributed by atoms with Gasteiger partial charge in [0.15, 0.2) is 0 Å². The van der Waals surface area contributed by atoms with Gasteiger partial charge in [-0.05, 0) is 12.8 Å². The summed E-state index contributed by atoms with van der Waals surface area (Å²) in [6.07, 6.45) is 4.17. The maximum Gasteiger partial charge on any atom is 0.302 e. The number of nitrogens with one attached hydrogen (secondary N) is 2. The van der Waals surface area contributed by atoms with Gasteiger partial charge in [0, 0.05) is 19.2 Å². The Morgan fingerprint density at radius 1 is 1.47 bits per heavy atom. The highest BCUT2D eigenvalue weighted by atomic mass is 32.2. The molecule has 0 radical (unpaired) electrons. The lowest BCUT2D eigenvalue weighted by Crippen LogP contribution is -2.33. The van der Waals surface area contributed by atoms with Crippen molar-refractivity contribution in [3.8, 4) is 0 Å². The third-order valence-corrected chi connectivity index (χ3v) is 4.03. The van der Waals surface area contributed by atoms with Crippen LogP contribution >= 0.6 is 0 Å². The predicted molar refractivity (Wildman–Crippen MR) is 68.0 cm³/mol. The van der Waals surface area contributed by atoms with Crippen LogP contribution < -0.4 is 4.72 Å². The van der Waals surface area contributed by atoms with Crippen LogP contribution in [-0.2, 0) is 16.6 Å². The fourth-order valence-corrected chi connectivity index (χ4v) is 2.34. The largest absolute Gasteiger partial charge is 0.302 e. The Hall–Kier alpha value is -1.08. The summed E-state index contributed by atoms with van der Waals surface area (Å²) < 4.78 is 27.7. The lowest BCUT2D eigenvalue weighted by atomic mass is 10.3. The van der Waals surface area contributed by atoms with Crippen molar-refractivity contribution in [1.82, 2.24) is 14.5 Å². The second kappa shape index (κ2) is 6.02. The molecule has 1 heterocycles. The molecule has 1 aromatic rings. The number of rotatable bonds is 7. The van der Waals surface area contributed by atoms with E-state index in [4.69, 9.17) is 0 Å². The second-order valence-electron chi connectivity index (χ2n) is 3.91. The van der Waals surface area contributed by atoms with Crippen LogP contribution in [0.2, 0.25) is 0 Å². The van der Waals surface area contributed by atoms with Crippen molar-refractivity contribution in [2.24, 2.45) is 0 Å². The predicted octanol–water partition coefficient (Wildman–Crippen LogP) is 1.36. The highest BCUT2D eigenvalue weighted by Gasteiger charge is 2.18. The van der Waals surface area contributed by atoms with E-state index in [9.17, 15) is 8.42 Å². The van der Waals surface area contributed by atoms with Gasteiger partial charge in [-0.3, -0.25) is 9.82 Å². The van der Waals surface area contributed by atoms with Crippen molar-refractivity contribution in [2.75, 3.05) is 18.3 Å². The average Bonchev–Trinajstić information content (AvgIpc) is 2.72. The number of hydrogen-bond acceptors (Lipinski definition) is 3. The summed E-state index contributed by atoms with van der Waals surface area (Å²) in [7, 11) is -1.91. The molecule has 0 aliphatic rings. The van der Waals surface area contributed by atoms with Crippen LogP contribution in [-0.4, -0.2) is 36.5 Å². The summed E-state index contributed by atoms with van der Waals surface area (Å²) >= 11 is 0. The number of hydrogen-bond donors (Lipinski definition) is 2. The van der Waals surface area contributed by atoms with E-state index in [0.717, 1.165) is 24.8 Å². The van der Waals surface area contributed by atoms with E-state index < -0.39 is 10.2 Å². The second-order valence-corrected chi connectivity index (χ2v) is 5.68. The van der Waals surface area contributed by atoms with E-state index in [1.165, 1.54) is 4.31 Å². The first-order valence-electron chi connectivity index (χ1n) is 5.77. The number of aromatic amines is 1. The minimum Gasteiger partial charge on any atom is -0.262 e. The first-order valence-corrected chi connectivity index (χ1v) is 7.21. The molecular weight excluding hydrogens is 240 g/mol. The van der Waals surface area contributed by atoms with Gasteiger partial charge >= 0.3 is 10.2 Å². The van der Waals surface area contributed by atoms with E-state index in [2.05, 4.69) is 14.9 Å². The van der Waals surface area contributed by atoms with Crippen molar-refractivity contribution in [1.29, 1.82) is 0 Å². The first kappa shape index (κ1) is 14.0. The number of anilines is 1. The molecule has 0 aromatic carbocycles. The highest BCUT2D eigenvalue weighted by Crippen LogP contribution is 2.14. The van der Waals surface area contributed by atoms with Crippen LogP contribution in [0.25, 0.3) is 0 Å². The molecule has 0 bridgehead atoms. The molecule has 0 fully saturated rings. The highest BCUT2D eigenvalue weighted by molar-refractivity contribution is 7.90. The molecule has 0 aliphatic carbocycles. The molecule has 17 heavy (non-hydrogen) atoms. The zero-order valence-corrected chi connectivity index (χ0v) is 11.3. The van der Waals surface area contributed by atoms with Crippen LogP contribution in [0.15, 0.2) is 6.20 Å². The topological polar surface area (TPSA) is 78.1 Å². The van der Waals surface area contributed by atoms with Crippen molar-refractivity contribution in [2.45, 2.75) is 33.1 Å². The zero-order chi connectivity index (χ0) is 12.9. The standard InChI is InChI=1S/C10H20N4O2S/c1-4-6-7-14(3)17(15,16)13-10-9(5-2)8-11-12-10/h8H,4-7H2,1-3H3,(H2,11,12,13). The molecule has 7 heteroatoms. The fraction of sp³-hybridized carbons (Fsp3) is 0.700. The van der Waals surface area contributed by atoms with Gasteiger partial charge in [-0.1, -0.05) is 20.3 Å². The van der Waals surface area contributed by atoms with Crippen LogP contribution in [0.4, 0.5) is 5.82 Å². The van der Waals surface area contributed by atoms with Gasteiger partial charge in [-0.2, -0.15) is 17.8 Å². The molecule has 2 N–H and O–H groups in total. The maximum atomic E-state index is 11.9. The molecule has 0 atom stereocenters. The third kappa shape index (κ3) is 3.71. The molecule has 0 saturated heterocycles. The first-order chi connectivity index (χ1) is 8.01. The van der Waals surface area contributed by atoms with Gasteiger partial charge in [0.1, 0.15) is 5.82 Å². The summed E-state index contributed by atoms with van der Waals surface area (Å²) in [6, 6.07) is 0. The molecule has 0 amide bonds. The van der Waals surface area contributed by atoms with Crippen LogP contribution in [0.3, 0.4) is 0 Å². The molecule has 0 unspecified atom stereocenters. The van der Waals surface area contributed by atoms with Crippen LogP contribution in [0, 0.1) is 0 Å². The van der Waals surface area contributed by atoms with Crippen molar-refractivity contribution < 1.29 is 8.42 Å². The van der Waals surface area contributed by atoms with Gasteiger partial charge in [-0.25, -0.2) is 0 Å². The summed E-state index contributed by atoms with van der Waals surface area (Å²) in [4.78, 5) is 0. The molecule has 0 aliphatic heterocycles. The lowest BCUT2D eigenvalue weighted by molar-refractivity contribution is 0.463. The van der Waals surface area contributed by atoms with Crippen molar-refractivity contribution >= 4 is 16.0 Å². The number of aromatic nitrogens is 2. The monoisotopic (exact) mass is 260 g/mol. The number of unbranched alkanes of at least 4 members (excludes halogenated alkanes) is 1. The van der Waals surface area contributed by atoms with Crippen molar-refractivity contribution in [3.63, 3.8) is 0 Å². The molecule has 1 aromatic heterocycles. The Kier molecular flexibility index (Phi) is 4.95. The lowest BCUT2D eigenvalue weighted by Gasteiger charge is -2.17. The van der Waals surface area contributed by atoms with Crippen LogP contribution in [0.1, 0.15) is 32.3 Å². The Labute approximate surface area is 103 Å². The smallest absolute Gasteiger partial charge is 0.262 e. The molecular formula is C10H20N4O2S. The summed E-state index contributed by atoms with van der Waals surface area (Å²) in [5.41, 5.74) is 0.859. The van der Waals surface area contributed by atoms with E-state index in [-0.39, 0.29) is 0 Å². The van der Waals surface area contributed by atoms with E-state index in [1.807, 2.05) is 13.8 Å². The third-order valence-electron chi connectivity index (χ3n) is 2.57. The Balaban J connectivity index is 2.72. The summed E-state index contributed by atoms with van der Waals surface area (Å²) in [6.45, 7) is 4.49. The summed E-state index contributed by atoms with van der Waals surface area (Å²) in [5.74, 6) is 0.454. The van der Waals surface area contributed by atoms with E-state index in [1.54, 1.807) is 13.2 Å². The minimum absolute atomic E-state index is 0.454. The van der Waals surface area contributed by atoms with Gasteiger partial charge in [0.25, 0.3) is 0 Å². The van der Waals surface area contributed by atoms with Crippen molar-refractivity contribution in [3.05, 3.63) is 11.8 Å². The van der Waals surface area contributed by atoms with Gasteiger partial charge in [0.05, 0.1) is 6.20 Å². The number of H-pyrrole nitrogens is 1. The van der Waals surface area contributed by atoms with E-state index in [0.29, 0.717) is 12.4 Å². The molecule has 6 nitrogen and oxygen atoms in total. The van der Waals surface area contributed by atoms with Gasteiger partial charge < -0.3 is 0 Å². The maximum absolute atomic E-state index is 11.9. The Bertz CT molecular complexity index is 441. The normalized spacial score (nSPS) is 12.0. The van der Waals surface area contributed by atoms with Gasteiger partial charge in [-0.15, -0.1) is 0 Å².